The summed E-state index contributed by atoms with van der Waals surface area (Å²) in [6, 6.07) is 5.63. The van der Waals surface area contributed by atoms with E-state index in [1.165, 1.54) is 4.31 Å². The van der Waals surface area contributed by atoms with Gasteiger partial charge in [-0.05, 0) is 31.3 Å². The number of benzene rings is 1. The van der Waals surface area contributed by atoms with Crippen LogP contribution in [0.15, 0.2) is 42.0 Å². The quantitative estimate of drug-likeness (QED) is 0.381. The highest BCUT2D eigenvalue weighted by Crippen LogP contribution is 2.32. The minimum Gasteiger partial charge on any atom is -0.383 e. The lowest BCUT2D eigenvalue weighted by atomic mass is 10.1. The molecule has 1 aromatic heterocycles. The van der Waals surface area contributed by atoms with Crippen LogP contribution >= 0.6 is 0 Å². The maximum absolute atomic E-state index is 13.8. The molecular weight excluding hydrogens is 556 g/mol. The molecule has 14 heteroatoms. The fraction of sp³-hybridized carbons (Fsp3) is 0.481. The fourth-order valence-electron chi connectivity index (χ4n) is 5.26. The first-order chi connectivity index (χ1) is 19.7. The van der Waals surface area contributed by atoms with Gasteiger partial charge < -0.3 is 25.2 Å². The summed E-state index contributed by atoms with van der Waals surface area (Å²) in [7, 11) is -0.357. The van der Waals surface area contributed by atoms with Gasteiger partial charge in [-0.15, -0.1) is 0 Å². The molecule has 0 saturated carbocycles. The normalized spacial score (nSPS) is 20.3. The highest BCUT2D eigenvalue weighted by Gasteiger charge is 2.37. The summed E-state index contributed by atoms with van der Waals surface area (Å²) in [5.74, 6) is -1.92. The van der Waals surface area contributed by atoms with Crippen LogP contribution in [0.4, 0.5) is 26.0 Å². The maximum atomic E-state index is 13.8. The van der Waals surface area contributed by atoms with Gasteiger partial charge in [-0.2, -0.15) is 9.40 Å². The van der Waals surface area contributed by atoms with Crippen molar-refractivity contribution in [3.63, 3.8) is 0 Å². The van der Waals surface area contributed by atoms with E-state index in [2.05, 4.69) is 37.7 Å². The smallest absolute Gasteiger partial charge is 0.258 e. The summed E-state index contributed by atoms with van der Waals surface area (Å²) in [5, 5.41) is 11.9. The number of methoxy groups -OCH3 is 1. The molecule has 0 radical (unpaired) electrons. The number of carbonyl (C=O) groups excluding carboxylic acids is 1. The Bertz CT molecular complexity index is 1450. The Hall–Kier alpha value is -3.33. The fourth-order valence-corrected chi connectivity index (χ4v) is 6.97. The Labute approximate surface area is 238 Å². The predicted molar refractivity (Wildman–Crippen MR) is 153 cm³/mol. The summed E-state index contributed by atoms with van der Waals surface area (Å²) < 4.78 is 60.5. The Morgan fingerprint density at radius 3 is 2.71 bits per heavy atom. The summed E-state index contributed by atoms with van der Waals surface area (Å²) >= 11 is 0. The third-order valence-corrected chi connectivity index (χ3v) is 9.75. The minimum absolute atomic E-state index is 0.0810. The number of fused-ring (bicyclic) bond motifs is 1. The van der Waals surface area contributed by atoms with Crippen LogP contribution < -0.4 is 15.5 Å². The van der Waals surface area contributed by atoms with E-state index in [-0.39, 0.29) is 18.9 Å². The monoisotopic (exact) mass is 591 g/mol. The highest BCUT2D eigenvalue weighted by atomic mass is 32.2. The summed E-state index contributed by atoms with van der Waals surface area (Å²) in [6.45, 7) is 4.66. The molecule has 5 rings (SSSR count). The number of anilines is 3. The molecule has 1 amide bonds. The second-order valence-corrected chi connectivity index (χ2v) is 12.6. The third-order valence-electron chi connectivity index (χ3n) is 7.65. The zero-order valence-electron chi connectivity index (χ0n) is 23.1. The molecule has 0 bridgehead atoms. The van der Waals surface area contributed by atoms with Gasteiger partial charge in [-0.1, -0.05) is 0 Å². The highest BCUT2D eigenvalue weighted by molar-refractivity contribution is 7.89. The van der Waals surface area contributed by atoms with Gasteiger partial charge in [-0.3, -0.25) is 9.89 Å². The number of amides is 1. The molecule has 41 heavy (non-hydrogen) atoms. The van der Waals surface area contributed by atoms with Crippen LogP contribution in [-0.4, -0.2) is 99.0 Å². The number of piperazine rings is 1. The van der Waals surface area contributed by atoms with E-state index in [4.69, 9.17) is 4.74 Å². The molecule has 1 unspecified atom stereocenters. The average molecular weight is 592 g/mol. The maximum Gasteiger partial charge on any atom is 0.258 e. The lowest BCUT2D eigenvalue weighted by molar-refractivity contribution is 0.102. The van der Waals surface area contributed by atoms with Crippen molar-refractivity contribution in [1.29, 1.82) is 0 Å². The molecule has 1 atom stereocenters. The van der Waals surface area contributed by atoms with Crippen LogP contribution in [-0.2, 0) is 27.7 Å². The van der Waals surface area contributed by atoms with Crippen molar-refractivity contribution >= 4 is 33.1 Å². The van der Waals surface area contributed by atoms with Crippen molar-refractivity contribution in [1.82, 2.24) is 19.4 Å². The Kier molecular flexibility index (Phi) is 8.73. The molecule has 222 valence electrons. The number of carbonyl (C=O) groups is 1. The third kappa shape index (κ3) is 6.45. The van der Waals surface area contributed by atoms with Gasteiger partial charge in [0.15, 0.2) is 5.82 Å². The number of aromatic amines is 1. The average Bonchev–Trinajstić information content (AvgIpc) is 3.35. The van der Waals surface area contributed by atoms with Crippen LogP contribution in [0.25, 0.3) is 0 Å². The number of aromatic nitrogens is 2. The molecule has 1 fully saturated rings. The number of allylic oxidation sites excluding steroid dienone is 3. The number of nitrogens with zero attached hydrogens (tertiary/aromatic N) is 4. The number of hydrogen-bond donors (Lipinski definition) is 3. The van der Waals surface area contributed by atoms with E-state index in [0.717, 1.165) is 37.9 Å². The zero-order chi connectivity index (χ0) is 29.1. The first kappa shape index (κ1) is 29.2. The molecule has 2 aliphatic heterocycles. The largest absolute Gasteiger partial charge is 0.383 e. The first-order valence-electron chi connectivity index (χ1n) is 13.6. The van der Waals surface area contributed by atoms with Crippen LogP contribution in [0, 0.1) is 0 Å². The van der Waals surface area contributed by atoms with E-state index in [0.29, 0.717) is 48.2 Å². The van der Waals surface area contributed by atoms with Crippen LogP contribution in [0.2, 0.25) is 0 Å². The lowest BCUT2D eigenvalue weighted by Crippen LogP contribution is -2.44. The number of likely N-dealkylation sites (N-methyl/N-ethyl adjacent to an activating group) is 1. The summed E-state index contributed by atoms with van der Waals surface area (Å²) in [6.07, 6.45) is 1.52. The number of nitrogens with one attached hydrogen (secondary N) is 3. The molecular formula is C27H35F2N7O4S. The molecule has 11 nitrogen and oxygen atoms in total. The van der Waals surface area contributed by atoms with Crippen molar-refractivity contribution in [3.05, 3.63) is 58.8 Å². The second kappa shape index (κ2) is 12.3. The Balaban J connectivity index is 1.34. The molecule has 1 aliphatic carbocycles. The predicted octanol–water partition coefficient (Wildman–Crippen LogP) is 2.64. The van der Waals surface area contributed by atoms with E-state index >= 15 is 0 Å². The Morgan fingerprint density at radius 2 is 1.98 bits per heavy atom. The van der Waals surface area contributed by atoms with Crippen LogP contribution in [0.5, 0.6) is 0 Å². The number of sulfonamides is 1. The topological polar surface area (TPSA) is 123 Å². The van der Waals surface area contributed by atoms with E-state index in [1.807, 2.05) is 12.1 Å². The van der Waals surface area contributed by atoms with E-state index in [1.54, 1.807) is 13.2 Å². The number of ether oxygens (including phenoxy) is 1. The molecule has 0 spiro atoms. The van der Waals surface area contributed by atoms with Crippen molar-refractivity contribution in [2.75, 3.05) is 75.6 Å². The van der Waals surface area contributed by atoms with E-state index < -0.39 is 39.3 Å². The number of rotatable bonds is 9. The van der Waals surface area contributed by atoms with Gasteiger partial charge in [-0.25, -0.2) is 17.2 Å². The number of hydrogen-bond acceptors (Lipinski definition) is 8. The van der Waals surface area contributed by atoms with Crippen molar-refractivity contribution in [3.8, 4) is 0 Å². The molecule has 3 aliphatic rings. The van der Waals surface area contributed by atoms with Gasteiger partial charge >= 0.3 is 0 Å². The molecule has 1 saturated heterocycles. The Morgan fingerprint density at radius 1 is 1.20 bits per heavy atom. The summed E-state index contributed by atoms with van der Waals surface area (Å²) in [4.78, 5) is 18.0. The lowest BCUT2D eigenvalue weighted by Gasteiger charge is -2.34. The SMILES string of the molecule is COCCNc1cc(N2CCN(C)CC2)ccc1C(=O)Nc1n[nH]c2c1CN(S(=O)(=O)C1C=C(F)C=C(F)C1)CC2. The standard InChI is InChI=1S/C27H35F2N7O4S/c1-34-8-10-35(11-9-34)20-3-4-22(25(16-20)30-6-12-40-2)27(37)31-26-23-17-36(7-5-24(23)32-33-26)41(38,39)21-14-18(28)13-19(29)15-21/h3-4,13-14,16,21,30H,5-12,15,17H2,1-2H3,(H2,31,32,33,37). The zero-order valence-corrected chi connectivity index (χ0v) is 23.9. The van der Waals surface area contributed by atoms with Crippen LogP contribution in [0.1, 0.15) is 28.0 Å². The minimum atomic E-state index is -4.06. The first-order valence-corrected chi connectivity index (χ1v) is 15.1. The summed E-state index contributed by atoms with van der Waals surface area (Å²) in [5.41, 5.74) is 3.28. The van der Waals surface area contributed by atoms with Gasteiger partial charge in [0.05, 0.1) is 12.2 Å². The molecule has 3 N–H and O–H groups in total. The van der Waals surface area contributed by atoms with Crippen molar-refractivity contribution in [2.24, 2.45) is 0 Å². The molecule has 2 aromatic rings. The number of H-pyrrole nitrogens is 1. The van der Waals surface area contributed by atoms with E-state index in [9.17, 15) is 22.0 Å². The number of halogens is 2. The molecule has 3 heterocycles. The van der Waals surface area contributed by atoms with Gasteiger partial charge in [0, 0.05) is 94.5 Å². The van der Waals surface area contributed by atoms with Crippen LogP contribution in [0.3, 0.4) is 0 Å². The van der Waals surface area contributed by atoms with Gasteiger partial charge in [0.1, 0.15) is 16.9 Å². The van der Waals surface area contributed by atoms with Gasteiger partial charge in [0.2, 0.25) is 10.0 Å². The van der Waals surface area contributed by atoms with Crippen molar-refractivity contribution in [2.45, 2.75) is 24.6 Å². The molecule has 1 aromatic carbocycles. The van der Waals surface area contributed by atoms with Crippen molar-refractivity contribution < 1.29 is 26.7 Å². The van der Waals surface area contributed by atoms with Gasteiger partial charge in [0.25, 0.3) is 5.91 Å². The second-order valence-electron chi connectivity index (χ2n) is 10.4.